The Morgan fingerprint density at radius 3 is 2.40 bits per heavy atom. The number of hydrogen-bond acceptors (Lipinski definition) is 4. The standard InChI is InChI=1S/C14H12ClNO4/c15-13-10-11(16(17)18)6-7-14(13)20-9-8-19-12-4-2-1-3-5-12/h1-7,10H,8-9H2. The summed E-state index contributed by atoms with van der Waals surface area (Å²) in [7, 11) is 0. The number of nitro groups is 1. The molecule has 0 atom stereocenters. The van der Waals surface area contributed by atoms with Gasteiger partial charge < -0.3 is 9.47 Å². The predicted molar refractivity (Wildman–Crippen MR) is 75.5 cm³/mol. The summed E-state index contributed by atoms with van der Waals surface area (Å²) in [6.45, 7) is 0.657. The smallest absolute Gasteiger partial charge is 0.271 e. The van der Waals surface area contributed by atoms with Gasteiger partial charge >= 0.3 is 0 Å². The summed E-state index contributed by atoms with van der Waals surface area (Å²) < 4.78 is 10.9. The van der Waals surface area contributed by atoms with Crippen LogP contribution in [-0.2, 0) is 0 Å². The van der Waals surface area contributed by atoms with Crippen molar-refractivity contribution in [1.82, 2.24) is 0 Å². The molecule has 0 aliphatic rings. The van der Waals surface area contributed by atoms with Crippen LogP contribution in [0.2, 0.25) is 5.02 Å². The minimum absolute atomic E-state index is 0.0668. The third-order valence-corrected chi connectivity index (χ3v) is 2.77. The third kappa shape index (κ3) is 3.86. The molecule has 0 spiro atoms. The molecule has 0 unspecified atom stereocenters. The van der Waals surface area contributed by atoms with Crippen LogP contribution in [0.3, 0.4) is 0 Å². The Morgan fingerprint density at radius 2 is 1.75 bits per heavy atom. The van der Waals surface area contributed by atoms with E-state index >= 15 is 0 Å². The minimum Gasteiger partial charge on any atom is -0.490 e. The zero-order chi connectivity index (χ0) is 14.4. The highest BCUT2D eigenvalue weighted by Gasteiger charge is 2.10. The number of para-hydroxylation sites is 1. The number of nitrogens with zero attached hydrogens (tertiary/aromatic N) is 1. The lowest BCUT2D eigenvalue weighted by atomic mass is 10.3. The second kappa shape index (κ2) is 6.77. The maximum atomic E-state index is 10.6. The summed E-state index contributed by atoms with van der Waals surface area (Å²) in [6.07, 6.45) is 0. The molecule has 0 saturated heterocycles. The molecule has 0 saturated carbocycles. The molecule has 5 nitrogen and oxygen atoms in total. The summed E-state index contributed by atoms with van der Waals surface area (Å²) in [5.74, 6) is 1.15. The molecule has 0 aliphatic heterocycles. The Morgan fingerprint density at radius 1 is 1.05 bits per heavy atom. The largest absolute Gasteiger partial charge is 0.490 e. The van der Waals surface area contributed by atoms with Gasteiger partial charge in [0.25, 0.3) is 5.69 Å². The molecule has 0 aromatic heterocycles. The molecule has 0 heterocycles. The van der Waals surface area contributed by atoms with Gasteiger partial charge in [-0.05, 0) is 18.2 Å². The Bertz CT molecular complexity index is 589. The first-order chi connectivity index (χ1) is 9.66. The number of ether oxygens (including phenoxy) is 2. The van der Waals surface area contributed by atoms with Crippen molar-refractivity contribution in [3.05, 3.63) is 63.7 Å². The van der Waals surface area contributed by atoms with E-state index in [1.54, 1.807) is 0 Å². The molecule has 0 N–H and O–H groups in total. The molecular weight excluding hydrogens is 282 g/mol. The molecule has 0 bridgehead atoms. The number of nitro benzene ring substituents is 1. The first-order valence-electron chi connectivity index (χ1n) is 5.91. The fraction of sp³-hybridized carbons (Fsp3) is 0.143. The molecule has 20 heavy (non-hydrogen) atoms. The molecule has 0 radical (unpaired) electrons. The van der Waals surface area contributed by atoms with E-state index in [0.717, 1.165) is 5.75 Å². The van der Waals surface area contributed by atoms with Crippen LogP contribution in [0.15, 0.2) is 48.5 Å². The predicted octanol–water partition coefficient (Wildman–Crippen LogP) is 3.71. The number of rotatable bonds is 6. The molecular formula is C14H12ClNO4. The van der Waals surface area contributed by atoms with Gasteiger partial charge in [-0.3, -0.25) is 10.1 Å². The van der Waals surface area contributed by atoms with E-state index in [9.17, 15) is 10.1 Å². The van der Waals surface area contributed by atoms with Gasteiger partial charge in [0.2, 0.25) is 0 Å². The normalized spacial score (nSPS) is 10.1. The first-order valence-corrected chi connectivity index (χ1v) is 6.29. The van der Waals surface area contributed by atoms with Crippen LogP contribution in [0.1, 0.15) is 0 Å². The Kier molecular flexibility index (Phi) is 4.79. The molecule has 6 heteroatoms. The summed E-state index contributed by atoms with van der Waals surface area (Å²) >= 11 is 5.90. The van der Waals surface area contributed by atoms with Gasteiger partial charge in [-0.1, -0.05) is 29.8 Å². The lowest BCUT2D eigenvalue weighted by Crippen LogP contribution is -2.09. The molecule has 0 aliphatic carbocycles. The van der Waals surface area contributed by atoms with Gasteiger partial charge in [-0.2, -0.15) is 0 Å². The summed E-state index contributed by atoms with van der Waals surface area (Å²) in [6, 6.07) is 13.4. The van der Waals surface area contributed by atoms with Crippen molar-refractivity contribution in [2.75, 3.05) is 13.2 Å². The summed E-state index contributed by atoms with van der Waals surface area (Å²) in [4.78, 5) is 10.1. The minimum atomic E-state index is -0.506. The Hall–Kier alpha value is -2.27. The van der Waals surface area contributed by atoms with Crippen molar-refractivity contribution in [1.29, 1.82) is 0 Å². The number of hydrogen-bond donors (Lipinski definition) is 0. The van der Waals surface area contributed by atoms with Crippen molar-refractivity contribution in [2.24, 2.45) is 0 Å². The summed E-state index contributed by atoms with van der Waals surface area (Å²) in [5.41, 5.74) is -0.0668. The Labute approximate surface area is 120 Å². The van der Waals surface area contributed by atoms with Gasteiger partial charge in [-0.25, -0.2) is 0 Å². The third-order valence-electron chi connectivity index (χ3n) is 2.48. The highest BCUT2D eigenvalue weighted by molar-refractivity contribution is 6.32. The molecule has 2 aromatic rings. The lowest BCUT2D eigenvalue weighted by molar-refractivity contribution is -0.384. The van der Waals surface area contributed by atoms with E-state index in [-0.39, 0.29) is 10.7 Å². The van der Waals surface area contributed by atoms with Crippen LogP contribution in [0.4, 0.5) is 5.69 Å². The average Bonchev–Trinajstić information content (AvgIpc) is 2.46. The quantitative estimate of drug-likeness (QED) is 0.463. The van der Waals surface area contributed by atoms with Gasteiger partial charge in [0.1, 0.15) is 24.7 Å². The average molecular weight is 294 g/mol. The van der Waals surface area contributed by atoms with Gasteiger partial charge in [0.15, 0.2) is 0 Å². The van der Waals surface area contributed by atoms with Crippen LogP contribution in [-0.4, -0.2) is 18.1 Å². The zero-order valence-electron chi connectivity index (χ0n) is 10.5. The lowest BCUT2D eigenvalue weighted by Gasteiger charge is -2.09. The number of halogens is 1. The molecule has 2 aromatic carbocycles. The molecule has 104 valence electrons. The van der Waals surface area contributed by atoms with E-state index in [0.29, 0.717) is 19.0 Å². The monoisotopic (exact) mass is 293 g/mol. The second-order valence-corrected chi connectivity index (χ2v) is 4.29. The highest BCUT2D eigenvalue weighted by Crippen LogP contribution is 2.28. The van der Waals surface area contributed by atoms with Crippen LogP contribution < -0.4 is 9.47 Å². The highest BCUT2D eigenvalue weighted by atomic mass is 35.5. The van der Waals surface area contributed by atoms with E-state index in [4.69, 9.17) is 21.1 Å². The van der Waals surface area contributed by atoms with Crippen molar-refractivity contribution >= 4 is 17.3 Å². The van der Waals surface area contributed by atoms with Crippen LogP contribution in [0.25, 0.3) is 0 Å². The van der Waals surface area contributed by atoms with Gasteiger partial charge in [-0.15, -0.1) is 0 Å². The van der Waals surface area contributed by atoms with Crippen LogP contribution in [0, 0.1) is 10.1 Å². The van der Waals surface area contributed by atoms with Gasteiger partial charge in [0.05, 0.1) is 9.95 Å². The molecule has 2 rings (SSSR count). The maximum Gasteiger partial charge on any atom is 0.271 e. The fourth-order valence-electron chi connectivity index (χ4n) is 1.55. The summed E-state index contributed by atoms with van der Waals surface area (Å²) in [5, 5.41) is 10.8. The topological polar surface area (TPSA) is 61.6 Å². The molecule has 0 amide bonds. The fourth-order valence-corrected chi connectivity index (χ4v) is 1.78. The van der Waals surface area contributed by atoms with E-state index in [2.05, 4.69) is 0 Å². The first kappa shape index (κ1) is 14.1. The van der Waals surface area contributed by atoms with Crippen LogP contribution in [0.5, 0.6) is 11.5 Å². The zero-order valence-corrected chi connectivity index (χ0v) is 11.2. The second-order valence-electron chi connectivity index (χ2n) is 3.88. The number of non-ortho nitro benzene ring substituents is 1. The van der Waals surface area contributed by atoms with E-state index in [1.807, 2.05) is 30.3 Å². The van der Waals surface area contributed by atoms with Gasteiger partial charge in [0, 0.05) is 12.1 Å². The Balaban J connectivity index is 1.84. The SMILES string of the molecule is O=[N+]([O-])c1ccc(OCCOc2ccccc2)c(Cl)c1. The van der Waals surface area contributed by atoms with Crippen LogP contribution >= 0.6 is 11.6 Å². The van der Waals surface area contributed by atoms with Crippen molar-refractivity contribution < 1.29 is 14.4 Å². The molecule has 0 fully saturated rings. The van der Waals surface area contributed by atoms with E-state index in [1.165, 1.54) is 18.2 Å². The number of benzene rings is 2. The maximum absolute atomic E-state index is 10.6. The van der Waals surface area contributed by atoms with E-state index < -0.39 is 4.92 Å². The van der Waals surface area contributed by atoms with Crippen molar-refractivity contribution in [3.8, 4) is 11.5 Å². The van der Waals surface area contributed by atoms with Crippen molar-refractivity contribution in [3.63, 3.8) is 0 Å². The van der Waals surface area contributed by atoms with Crippen molar-refractivity contribution in [2.45, 2.75) is 0 Å².